The monoisotopic (exact) mass is 384 g/mol. The number of amides is 1. The molecule has 1 aliphatic carbocycles. The molecule has 1 aromatic rings. The molecule has 0 unspecified atom stereocenters. The number of hydrogen-bond donors (Lipinski definition) is 1. The van der Waals surface area contributed by atoms with Gasteiger partial charge in [0, 0.05) is 24.1 Å². The second-order valence-corrected chi connectivity index (χ2v) is 9.86. The molecule has 1 N–H and O–H groups in total. The average molecular weight is 384 g/mol. The summed E-state index contributed by atoms with van der Waals surface area (Å²) in [5.74, 6) is -1.88. The van der Waals surface area contributed by atoms with Crippen molar-refractivity contribution in [3.8, 4) is 0 Å². The van der Waals surface area contributed by atoms with Gasteiger partial charge in [-0.05, 0) is 57.7 Å². The summed E-state index contributed by atoms with van der Waals surface area (Å²) in [5.41, 5.74) is 1.11. The van der Waals surface area contributed by atoms with Crippen molar-refractivity contribution in [2.24, 2.45) is 9.81 Å². The maximum absolute atomic E-state index is 13.9. The minimum absolute atomic E-state index is 0.315. The predicted octanol–water partition coefficient (Wildman–Crippen LogP) is 3.53. The molecular formula is C18H22F2N2O3S. The lowest BCUT2D eigenvalue weighted by Gasteiger charge is -2.38. The molecule has 1 fully saturated rings. The minimum Gasteiger partial charge on any atom is -0.591 e. The molecule has 8 heteroatoms. The zero-order valence-corrected chi connectivity index (χ0v) is 15.8. The van der Waals surface area contributed by atoms with Crippen molar-refractivity contribution in [1.82, 2.24) is 4.90 Å². The zero-order chi connectivity index (χ0) is 19.3. The number of hydrogen-bond acceptors (Lipinski definition) is 3. The van der Waals surface area contributed by atoms with Crippen LogP contribution < -0.4 is 0 Å². The summed E-state index contributed by atoms with van der Waals surface area (Å²) < 4.78 is 44.1. The van der Waals surface area contributed by atoms with Crippen LogP contribution in [0.5, 0.6) is 0 Å². The predicted molar refractivity (Wildman–Crippen MR) is 95.8 cm³/mol. The Labute approximate surface area is 154 Å². The Balaban J connectivity index is 2.05. The standard InChI is InChI=1S/C18H22F2N2O3S/c1-17(2,3)26(25)21-15-12-9-14(20)13(19)8-11(12)10-18(15)4-6-22(7-5-18)16(23)24/h8-9H,4-7,10H2,1-3H3,(H,23,24)/b21-15+/t26-/m1/s1. The van der Waals surface area contributed by atoms with Crippen LogP contribution in [0.25, 0.3) is 0 Å². The topological polar surface area (TPSA) is 76.0 Å². The lowest BCUT2D eigenvalue weighted by atomic mass is 9.74. The van der Waals surface area contributed by atoms with Crippen molar-refractivity contribution in [3.63, 3.8) is 0 Å². The van der Waals surface area contributed by atoms with Crippen molar-refractivity contribution in [2.45, 2.75) is 44.8 Å². The van der Waals surface area contributed by atoms with E-state index >= 15 is 0 Å². The molecular weight excluding hydrogens is 362 g/mol. The highest BCUT2D eigenvalue weighted by molar-refractivity contribution is 7.91. The average Bonchev–Trinajstić information content (AvgIpc) is 2.80. The smallest absolute Gasteiger partial charge is 0.407 e. The van der Waals surface area contributed by atoms with E-state index in [1.165, 1.54) is 11.0 Å². The Morgan fingerprint density at radius 3 is 2.38 bits per heavy atom. The van der Waals surface area contributed by atoms with Crippen LogP contribution in [-0.2, 0) is 17.8 Å². The summed E-state index contributed by atoms with van der Waals surface area (Å²) in [6, 6.07) is 2.31. The number of halogens is 2. The summed E-state index contributed by atoms with van der Waals surface area (Å²) in [6.07, 6.45) is 0.436. The van der Waals surface area contributed by atoms with Crippen LogP contribution in [0.1, 0.15) is 44.7 Å². The second-order valence-electron chi connectivity index (χ2n) is 7.95. The molecule has 1 heterocycles. The molecule has 1 atom stereocenters. The van der Waals surface area contributed by atoms with Crippen molar-refractivity contribution >= 4 is 23.2 Å². The van der Waals surface area contributed by atoms with Crippen molar-refractivity contribution in [3.05, 3.63) is 34.9 Å². The van der Waals surface area contributed by atoms with Crippen LogP contribution in [0.2, 0.25) is 0 Å². The van der Waals surface area contributed by atoms with Gasteiger partial charge >= 0.3 is 6.09 Å². The molecule has 1 spiro atoms. The van der Waals surface area contributed by atoms with Gasteiger partial charge in [0.1, 0.15) is 21.8 Å². The minimum atomic E-state index is -1.55. The van der Waals surface area contributed by atoms with Crippen molar-refractivity contribution in [1.29, 1.82) is 0 Å². The molecule has 1 aliphatic heterocycles. The Bertz CT molecular complexity index is 768. The third-order valence-electron chi connectivity index (χ3n) is 5.12. The van der Waals surface area contributed by atoms with Crippen LogP contribution in [0.3, 0.4) is 0 Å². The molecule has 0 bridgehead atoms. The van der Waals surface area contributed by atoms with E-state index < -0.39 is 39.3 Å². The Hall–Kier alpha value is -1.67. The first kappa shape index (κ1) is 19.1. The molecule has 3 rings (SSSR count). The maximum Gasteiger partial charge on any atom is 0.407 e. The molecule has 1 amide bonds. The summed E-state index contributed by atoms with van der Waals surface area (Å²) >= 11 is -1.55. The van der Waals surface area contributed by atoms with Crippen LogP contribution in [0, 0.1) is 17.0 Å². The lowest BCUT2D eigenvalue weighted by Crippen LogP contribution is -2.45. The van der Waals surface area contributed by atoms with Gasteiger partial charge in [0.25, 0.3) is 0 Å². The van der Waals surface area contributed by atoms with E-state index in [2.05, 4.69) is 4.40 Å². The summed E-state index contributed by atoms with van der Waals surface area (Å²) in [5, 5.41) is 9.18. The van der Waals surface area contributed by atoms with Gasteiger partial charge in [-0.3, -0.25) is 0 Å². The summed E-state index contributed by atoms with van der Waals surface area (Å²) in [6.45, 7) is 6.03. The highest BCUT2D eigenvalue weighted by atomic mass is 32.2. The number of nitrogens with zero attached hydrogens (tertiary/aromatic N) is 2. The number of piperidine rings is 1. The molecule has 0 aromatic heterocycles. The van der Waals surface area contributed by atoms with E-state index in [0.29, 0.717) is 49.2 Å². The molecule has 5 nitrogen and oxygen atoms in total. The van der Waals surface area contributed by atoms with Gasteiger partial charge in [0.15, 0.2) is 11.6 Å². The van der Waals surface area contributed by atoms with E-state index in [0.717, 1.165) is 6.07 Å². The molecule has 0 radical (unpaired) electrons. The molecule has 142 valence electrons. The number of carbonyl (C=O) groups is 1. The first-order valence-electron chi connectivity index (χ1n) is 8.51. The van der Waals surface area contributed by atoms with Crippen LogP contribution >= 0.6 is 0 Å². The number of benzene rings is 1. The van der Waals surface area contributed by atoms with Gasteiger partial charge in [-0.15, -0.1) is 0 Å². The number of likely N-dealkylation sites (tertiary alicyclic amines) is 1. The summed E-state index contributed by atoms with van der Waals surface area (Å²) in [7, 11) is 0. The SMILES string of the molecule is CC(C)(C)[S@@+]([O-])/N=C1\c2cc(F)c(F)cc2CC12CCN(C(=O)O)CC2. The van der Waals surface area contributed by atoms with E-state index in [-0.39, 0.29) is 0 Å². The number of fused-ring (bicyclic) bond motifs is 1. The first-order valence-corrected chi connectivity index (χ1v) is 9.61. The Morgan fingerprint density at radius 2 is 1.85 bits per heavy atom. The molecule has 1 saturated heterocycles. The largest absolute Gasteiger partial charge is 0.591 e. The zero-order valence-electron chi connectivity index (χ0n) is 15.0. The van der Waals surface area contributed by atoms with Gasteiger partial charge in [-0.25, -0.2) is 13.6 Å². The van der Waals surface area contributed by atoms with Gasteiger partial charge in [0.2, 0.25) is 0 Å². The van der Waals surface area contributed by atoms with Crippen molar-refractivity contribution < 1.29 is 23.2 Å². The summed E-state index contributed by atoms with van der Waals surface area (Å²) in [4.78, 5) is 12.5. The maximum atomic E-state index is 13.9. The highest BCUT2D eigenvalue weighted by Crippen LogP contribution is 2.46. The highest BCUT2D eigenvalue weighted by Gasteiger charge is 2.48. The van der Waals surface area contributed by atoms with E-state index in [4.69, 9.17) is 0 Å². The van der Waals surface area contributed by atoms with Crippen LogP contribution in [-0.4, -0.2) is 44.2 Å². The van der Waals surface area contributed by atoms with Gasteiger partial charge in [-0.1, -0.05) is 4.40 Å². The first-order chi connectivity index (χ1) is 12.0. The fourth-order valence-electron chi connectivity index (χ4n) is 3.59. The van der Waals surface area contributed by atoms with Gasteiger partial charge < -0.3 is 14.6 Å². The number of rotatable bonds is 1. The lowest BCUT2D eigenvalue weighted by molar-refractivity contribution is 0.115. The molecule has 26 heavy (non-hydrogen) atoms. The second kappa shape index (κ2) is 6.49. The quantitative estimate of drug-likeness (QED) is 0.753. The van der Waals surface area contributed by atoms with E-state index in [1.54, 1.807) is 20.8 Å². The van der Waals surface area contributed by atoms with E-state index in [1.807, 2.05) is 0 Å². The van der Waals surface area contributed by atoms with Gasteiger partial charge in [-0.2, -0.15) is 0 Å². The van der Waals surface area contributed by atoms with Crippen molar-refractivity contribution in [2.75, 3.05) is 13.1 Å². The molecule has 2 aliphatic rings. The number of carboxylic acid groups (broad SMARTS) is 1. The molecule has 0 saturated carbocycles. The Morgan fingerprint density at radius 1 is 1.27 bits per heavy atom. The van der Waals surface area contributed by atoms with E-state index in [9.17, 15) is 23.2 Å². The van der Waals surface area contributed by atoms with Gasteiger partial charge in [0.05, 0.1) is 0 Å². The fourth-order valence-corrected chi connectivity index (χ4v) is 4.33. The molecule has 1 aromatic carbocycles. The van der Waals surface area contributed by atoms with Crippen LogP contribution in [0.15, 0.2) is 16.5 Å². The normalized spacial score (nSPS) is 21.9. The van der Waals surface area contributed by atoms with Crippen LogP contribution in [0.4, 0.5) is 13.6 Å². The fraction of sp³-hybridized carbons (Fsp3) is 0.556. The third-order valence-corrected chi connectivity index (χ3v) is 6.52. The Kier molecular flexibility index (Phi) is 4.77. The third kappa shape index (κ3) is 3.32.